The van der Waals surface area contributed by atoms with Gasteiger partial charge in [-0.05, 0) is 65.1 Å². The maximum absolute atomic E-state index is 10.5. The Kier molecular flexibility index (Phi) is 6.96. The maximum atomic E-state index is 10.5. The Morgan fingerprint density at radius 2 is 1.19 bits per heavy atom. The van der Waals surface area contributed by atoms with E-state index in [0.29, 0.717) is 38.1 Å². The average Bonchev–Trinajstić information content (AvgIpc) is 3.82. The van der Waals surface area contributed by atoms with E-state index >= 15 is 0 Å². The van der Waals surface area contributed by atoms with Gasteiger partial charge in [0.15, 0.2) is 40.5 Å². The van der Waals surface area contributed by atoms with Crippen LogP contribution in [0.2, 0.25) is 0 Å². The van der Waals surface area contributed by atoms with Crippen molar-refractivity contribution in [2.75, 3.05) is 0 Å². The molecule has 0 N–H and O–H groups in total. The van der Waals surface area contributed by atoms with Crippen LogP contribution in [0.25, 0.3) is 43.4 Å². The molecular formula is C40H20N12. The molecule has 8 rings (SSSR count). The summed E-state index contributed by atoms with van der Waals surface area (Å²) in [5.41, 5.74) is 6.00. The van der Waals surface area contributed by atoms with Gasteiger partial charge in [0.2, 0.25) is 0 Å². The van der Waals surface area contributed by atoms with Gasteiger partial charge in [-0.1, -0.05) is 50.2 Å². The number of hydrogen-bond donors (Lipinski definition) is 0. The van der Waals surface area contributed by atoms with Crippen molar-refractivity contribution >= 4 is 22.5 Å². The molecule has 0 fully saturated rings. The van der Waals surface area contributed by atoms with Crippen LogP contribution in [0, 0.1) is 54.1 Å². The zero-order valence-corrected chi connectivity index (χ0v) is 27.7. The van der Waals surface area contributed by atoms with Crippen molar-refractivity contribution in [3.8, 4) is 40.7 Å². The topological polar surface area (TPSA) is 168 Å². The molecule has 0 saturated heterocycles. The molecule has 240 valence electrons. The smallest absolute Gasteiger partial charge is 0.196 e. The minimum atomic E-state index is -0.324. The molecule has 1 aromatic heterocycles. The van der Waals surface area contributed by atoms with Crippen LogP contribution in [0.15, 0.2) is 98.3 Å². The van der Waals surface area contributed by atoms with Crippen molar-refractivity contribution in [3.63, 3.8) is 0 Å². The first-order valence-electron chi connectivity index (χ1n) is 15.8. The number of nitriles is 3. The average molecular weight is 669 g/mol. The summed E-state index contributed by atoms with van der Waals surface area (Å²) in [5.74, 6) is 0.0522. The lowest BCUT2D eigenvalue weighted by atomic mass is 9.82. The summed E-state index contributed by atoms with van der Waals surface area (Å²) in [6, 6.07) is 26.8. The van der Waals surface area contributed by atoms with Gasteiger partial charge in [-0.15, -0.1) is 0 Å². The van der Waals surface area contributed by atoms with Gasteiger partial charge in [0, 0.05) is 11.0 Å². The van der Waals surface area contributed by atoms with Crippen LogP contribution in [-0.4, -0.2) is 15.0 Å². The molecule has 2 aliphatic heterocycles. The van der Waals surface area contributed by atoms with E-state index in [-0.39, 0.29) is 57.1 Å². The molecule has 0 radical (unpaired) electrons. The molecule has 12 nitrogen and oxygen atoms in total. The summed E-state index contributed by atoms with van der Waals surface area (Å²) in [5, 5.41) is 32.1. The fourth-order valence-electron chi connectivity index (χ4n) is 6.60. The van der Waals surface area contributed by atoms with Gasteiger partial charge in [-0.2, -0.15) is 15.8 Å². The van der Waals surface area contributed by atoms with E-state index in [0.717, 1.165) is 16.7 Å². The van der Waals surface area contributed by atoms with Crippen molar-refractivity contribution in [2.24, 2.45) is 20.0 Å². The van der Waals surface area contributed by atoms with Gasteiger partial charge in [-0.25, -0.2) is 34.9 Å². The van der Waals surface area contributed by atoms with E-state index in [1.54, 1.807) is 19.1 Å². The van der Waals surface area contributed by atoms with Crippen molar-refractivity contribution < 1.29 is 0 Å². The standard InChI is InChI=1S/C40H20N12/c1-20-12-31-32(14-22(20)17-41)47-36(46-31)25(18-42)38-50-35(21-10-11-24-23-8-6-7-9-27(23)40(2,3)28(24)13-21)51-39(52-38)26(19-43)37-48-33-15-29(44-4)30(45-5)16-34(33)49-37/h6-16H,1-3H3/b36-25-. The fourth-order valence-corrected chi connectivity index (χ4v) is 6.60. The Hall–Kier alpha value is -7.98. The van der Waals surface area contributed by atoms with Crippen molar-refractivity contribution in [3.05, 3.63) is 157 Å². The van der Waals surface area contributed by atoms with E-state index in [1.807, 2.05) is 30.3 Å². The second kappa shape index (κ2) is 11.6. The first kappa shape index (κ1) is 31.3. The normalized spacial score (nSPS) is 14.5. The minimum absolute atomic E-state index is 0.0162. The van der Waals surface area contributed by atoms with Gasteiger partial charge in [0.25, 0.3) is 0 Å². The number of aryl methyl sites for hydroxylation is 1. The zero-order valence-electron chi connectivity index (χ0n) is 27.7. The second-order valence-electron chi connectivity index (χ2n) is 12.6. The summed E-state index contributed by atoms with van der Waals surface area (Å²) in [7, 11) is 0. The highest BCUT2D eigenvalue weighted by molar-refractivity contribution is 5.84. The third kappa shape index (κ3) is 4.75. The quantitative estimate of drug-likeness (QED) is 0.184. The molecule has 3 heterocycles. The number of hydrogen-bond acceptors (Lipinski definition) is 10. The van der Waals surface area contributed by atoms with E-state index in [4.69, 9.17) is 23.1 Å². The molecule has 5 aromatic rings. The van der Waals surface area contributed by atoms with Gasteiger partial charge in [0.1, 0.15) is 23.3 Å². The molecule has 1 aliphatic carbocycles. The molecule has 0 unspecified atom stereocenters. The van der Waals surface area contributed by atoms with E-state index in [1.165, 1.54) is 17.7 Å². The molecule has 0 bridgehead atoms. The van der Waals surface area contributed by atoms with E-state index in [2.05, 4.69) is 78.8 Å². The van der Waals surface area contributed by atoms with E-state index < -0.39 is 0 Å². The van der Waals surface area contributed by atoms with Crippen LogP contribution >= 0.6 is 0 Å². The first-order chi connectivity index (χ1) is 25.2. The Morgan fingerprint density at radius 3 is 1.75 bits per heavy atom. The largest absolute Gasteiger partial charge is 0.250 e. The summed E-state index contributed by atoms with van der Waals surface area (Å²) in [6.07, 6.45) is 0. The summed E-state index contributed by atoms with van der Waals surface area (Å²) in [4.78, 5) is 39.1. The third-order valence-electron chi connectivity index (χ3n) is 9.26. The van der Waals surface area contributed by atoms with Crippen LogP contribution in [0.3, 0.4) is 0 Å². The maximum Gasteiger partial charge on any atom is 0.196 e. The monoisotopic (exact) mass is 668 g/mol. The highest BCUT2D eigenvalue weighted by atomic mass is 15.1. The number of rotatable bonds is 3. The number of aromatic nitrogens is 3. The summed E-state index contributed by atoms with van der Waals surface area (Å²) < 4.78 is 0. The molecule has 52 heavy (non-hydrogen) atoms. The van der Waals surface area contributed by atoms with Gasteiger partial charge in [-0.3, -0.25) is 9.69 Å². The summed E-state index contributed by atoms with van der Waals surface area (Å²) >= 11 is 0. The molecule has 0 spiro atoms. The predicted molar refractivity (Wildman–Crippen MR) is 187 cm³/mol. The molecular weight excluding hydrogens is 649 g/mol. The SMILES string of the molecule is [C-]#[N+]c1cc2c(cc1[N+]#[C-])=NC(=C(C#N)c1nc(/C(C#N)=C3/N=c4cc(C)c(C#N)cc4=N3)nc(-c3ccc4c(c3)C(C)(C)c3ccccc3-4)n1)N=2. The highest BCUT2D eigenvalue weighted by Gasteiger charge is 2.35. The van der Waals surface area contributed by atoms with Gasteiger partial charge >= 0.3 is 0 Å². The Morgan fingerprint density at radius 1 is 0.654 bits per heavy atom. The minimum Gasteiger partial charge on any atom is -0.250 e. The fraction of sp³-hybridized carbons (Fsp3) is 0.100. The molecule has 0 saturated carbocycles. The van der Waals surface area contributed by atoms with Crippen LogP contribution < -0.4 is 21.4 Å². The zero-order chi connectivity index (χ0) is 36.3. The van der Waals surface area contributed by atoms with Crippen LogP contribution in [-0.2, 0) is 5.41 Å². The van der Waals surface area contributed by atoms with Gasteiger partial charge in [0.05, 0.1) is 46.2 Å². The highest BCUT2D eigenvalue weighted by Crippen LogP contribution is 2.49. The molecule has 3 aliphatic rings. The Bertz CT molecular complexity index is 3000. The lowest BCUT2D eigenvalue weighted by molar-refractivity contribution is 0.660. The lowest BCUT2D eigenvalue weighted by Crippen LogP contribution is -2.22. The first-order valence-corrected chi connectivity index (χ1v) is 15.8. The Balaban J connectivity index is 1.37. The lowest BCUT2D eigenvalue weighted by Gasteiger charge is -2.21. The van der Waals surface area contributed by atoms with Crippen LogP contribution in [0.1, 0.15) is 47.8 Å². The number of benzene rings is 4. The van der Waals surface area contributed by atoms with Crippen molar-refractivity contribution in [1.82, 2.24) is 15.0 Å². The van der Waals surface area contributed by atoms with E-state index in [9.17, 15) is 15.8 Å². The number of nitrogens with zero attached hydrogens (tertiary/aromatic N) is 12. The van der Waals surface area contributed by atoms with Crippen LogP contribution in [0.4, 0.5) is 11.4 Å². The molecule has 0 amide bonds. The summed E-state index contributed by atoms with van der Waals surface area (Å²) in [6.45, 7) is 21.0. The molecule has 4 aromatic carbocycles. The Labute approximate surface area is 296 Å². The van der Waals surface area contributed by atoms with Crippen LogP contribution in [0.5, 0.6) is 0 Å². The molecule has 12 heteroatoms. The molecule has 0 atom stereocenters. The predicted octanol–water partition coefficient (Wildman–Crippen LogP) is 5.42. The third-order valence-corrected chi connectivity index (χ3v) is 9.26. The van der Waals surface area contributed by atoms with Gasteiger partial charge < -0.3 is 0 Å². The number of fused-ring (bicyclic) bond motifs is 5. The van der Waals surface area contributed by atoms with Crippen molar-refractivity contribution in [2.45, 2.75) is 26.2 Å². The number of allylic oxidation sites excluding steroid dienone is 2. The van der Waals surface area contributed by atoms with Crippen molar-refractivity contribution in [1.29, 1.82) is 15.8 Å². The second-order valence-corrected chi connectivity index (χ2v) is 12.6.